The molecule has 0 spiro atoms. The number of piperidine rings is 1. The summed E-state index contributed by atoms with van der Waals surface area (Å²) in [7, 11) is 0. The molecule has 0 saturated carbocycles. The van der Waals surface area contributed by atoms with Gasteiger partial charge in [-0.3, -0.25) is 4.79 Å². The minimum absolute atomic E-state index is 0.00405. The summed E-state index contributed by atoms with van der Waals surface area (Å²) in [5, 5.41) is 12.5. The summed E-state index contributed by atoms with van der Waals surface area (Å²) in [6.45, 7) is 6.88. The molecule has 1 aromatic rings. The van der Waals surface area contributed by atoms with Gasteiger partial charge in [-0.25, -0.2) is 0 Å². The summed E-state index contributed by atoms with van der Waals surface area (Å²) in [5.41, 5.74) is 1.84. The molecule has 0 aliphatic carbocycles. The third kappa shape index (κ3) is 5.02. The van der Waals surface area contributed by atoms with Crippen LogP contribution >= 0.6 is 0 Å². The Kier molecular flexibility index (Phi) is 6.25. The molecular formula is C18H28N2O2. The first-order chi connectivity index (χ1) is 10.6. The number of anilines is 1. The highest BCUT2D eigenvalue weighted by atomic mass is 16.3. The Balaban J connectivity index is 1.82. The fraction of sp³-hybridized carbons (Fsp3) is 0.611. The summed E-state index contributed by atoms with van der Waals surface area (Å²) in [4.78, 5) is 14.3. The van der Waals surface area contributed by atoms with Crippen molar-refractivity contribution in [2.45, 2.75) is 45.6 Å². The number of hydrogen-bond donors (Lipinski definition) is 2. The standard InChI is InChI=1S/C18H28N2O2/c1-14(2)4-3-11-19-18(22)15-5-7-16(8-6-15)20-12-9-17(21)10-13-20/h5-8,14,17,21H,3-4,9-13H2,1-2H3,(H,19,22). The molecule has 122 valence electrons. The van der Waals surface area contributed by atoms with Crippen LogP contribution in [0.5, 0.6) is 0 Å². The van der Waals surface area contributed by atoms with E-state index in [1.807, 2.05) is 24.3 Å². The van der Waals surface area contributed by atoms with Gasteiger partial charge in [-0.1, -0.05) is 13.8 Å². The van der Waals surface area contributed by atoms with E-state index < -0.39 is 0 Å². The van der Waals surface area contributed by atoms with E-state index in [4.69, 9.17) is 0 Å². The number of nitrogens with one attached hydrogen (secondary N) is 1. The SMILES string of the molecule is CC(C)CCCNC(=O)c1ccc(N2CCC(O)CC2)cc1. The number of aliphatic hydroxyl groups excluding tert-OH is 1. The number of carbonyl (C=O) groups excluding carboxylic acids is 1. The van der Waals surface area contributed by atoms with Crippen LogP contribution in [0.1, 0.15) is 49.9 Å². The number of carbonyl (C=O) groups is 1. The number of aliphatic hydroxyl groups is 1. The number of benzene rings is 1. The van der Waals surface area contributed by atoms with Gasteiger partial charge < -0.3 is 15.3 Å². The average Bonchev–Trinajstić information content (AvgIpc) is 2.52. The van der Waals surface area contributed by atoms with Crippen LogP contribution in [0.4, 0.5) is 5.69 Å². The Labute approximate surface area is 133 Å². The third-order valence-corrected chi connectivity index (χ3v) is 4.20. The van der Waals surface area contributed by atoms with E-state index in [1.54, 1.807) is 0 Å². The molecule has 1 aromatic carbocycles. The summed E-state index contributed by atoms with van der Waals surface area (Å²) < 4.78 is 0. The van der Waals surface area contributed by atoms with Crippen LogP contribution in [0.15, 0.2) is 24.3 Å². The highest BCUT2D eigenvalue weighted by molar-refractivity contribution is 5.94. The fourth-order valence-corrected chi connectivity index (χ4v) is 2.76. The summed E-state index contributed by atoms with van der Waals surface area (Å²) in [5.74, 6) is 0.684. The summed E-state index contributed by atoms with van der Waals surface area (Å²) in [6, 6.07) is 7.78. The molecule has 0 bridgehead atoms. The van der Waals surface area contributed by atoms with E-state index in [0.717, 1.165) is 51.0 Å². The van der Waals surface area contributed by atoms with Crippen molar-refractivity contribution in [1.82, 2.24) is 5.32 Å². The van der Waals surface area contributed by atoms with Gasteiger partial charge in [0.05, 0.1) is 6.10 Å². The predicted molar refractivity (Wildman–Crippen MR) is 90.3 cm³/mol. The van der Waals surface area contributed by atoms with Crippen molar-refractivity contribution in [3.63, 3.8) is 0 Å². The van der Waals surface area contributed by atoms with Gasteiger partial charge in [0.15, 0.2) is 0 Å². The number of amides is 1. The normalized spacial score (nSPS) is 16.1. The lowest BCUT2D eigenvalue weighted by molar-refractivity contribution is 0.0952. The smallest absolute Gasteiger partial charge is 0.251 e. The molecule has 1 fully saturated rings. The predicted octanol–water partition coefficient (Wildman–Crippen LogP) is 2.81. The van der Waals surface area contributed by atoms with Crippen LogP contribution in [0.2, 0.25) is 0 Å². The van der Waals surface area contributed by atoms with Gasteiger partial charge in [0, 0.05) is 30.9 Å². The molecule has 0 atom stereocenters. The van der Waals surface area contributed by atoms with Crippen molar-refractivity contribution in [2.24, 2.45) is 5.92 Å². The van der Waals surface area contributed by atoms with Crippen molar-refractivity contribution in [3.05, 3.63) is 29.8 Å². The van der Waals surface area contributed by atoms with E-state index in [2.05, 4.69) is 24.1 Å². The maximum Gasteiger partial charge on any atom is 0.251 e. The molecule has 22 heavy (non-hydrogen) atoms. The van der Waals surface area contributed by atoms with Crippen LogP contribution < -0.4 is 10.2 Å². The zero-order chi connectivity index (χ0) is 15.9. The van der Waals surface area contributed by atoms with Crippen molar-refractivity contribution >= 4 is 11.6 Å². The molecule has 1 saturated heterocycles. The summed E-state index contributed by atoms with van der Waals surface area (Å²) >= 11 is 0. The lowest BCUT2D eigenvalue weighted by Gasteiger charge is -2.31. The average molecular weight is 304 g/mol. The largest absolute Gasteiger partial charge is 0.393 e. The molecule has 4 nitrogen and oxygen atoms in total. The number of rotatable bonds is 6. The monoisotopic (exact) mass is 304 g/mol. The maximum atomic E-state index is 12.1. The molecule has 1 amide bonds. The Morgan fingerprint density at radius 3 is 2.50 bits per heavy atom. The molecule has 2 rings (SSSR count). The Bertz CT molecular complexity index is 462. The molecule has 0 aromatic heterocycles. The van der Waals surface area contributed by atoms with Gasteiger partial charge in [-0.05, 0) is 55.9 Å². The van der Waals surface area contributed by atoms with Gasteiger partial charge in [0.25, 0.3) is 5.91 Å². The number of nitrogens with zero attached hydrogens (tertiary/aromatic N) is 1. The van der Waals surface area contributed by atoms with E-state index >= 15 is 0 Å². The topological polar surface area (TPSA) is 52.6 Å². The first-order valence-corrected chi connectivity index (χ1v) is 8.37. The highest BCUT2D eigenvalue weighted by Gasteiger charge is 2.17. The van der Waals surface area contributed by atoms with Crippen LogP contribution in [-0.2, 0) is 0 Å². The molecule has 1 heterocycles. The Morgan fingerprint density at radius 1 is 1.27 bits per heavy atom. The van der Waals surface area contributed by atoms with Crippen LogP contribution in [0, 0.1) is 5.92 Å². The molecule has 0 unspecified atom stereocenters. The quantitative estimate of drug-likeness (QED) is 0.795. The van der Waals surface area contributed by atoms with E-state index in [-0.39, 0.29) is 12.0 Å². The maximum absolute atomic E-state index is 12.1. The second-order valence-electron chi connectivity index (χ2n) is 6.56. The van der Waals surface area contributed by atoms with Crippen molar-refractivity contribution in [1.29, 1.82) is 0 Å². The van der Waals surface area contributed by atoms with Gasteiger partial charge in [0.2, 0.25) is 0 Å². The molecule has 0 radical (unpaired) electrons. The van der Waals surface area contributed by atoms with E-state index in [0.29, 0.717) is 11.5 Å². The first kappa shape index (κ1) is 16.8. The van der Waals surface area contributed by atoms with Crippen molar-refractivity contribution in [2.75, 3.05) is 24.5 Å². The van der Waals surface area contributed by atoms with Gasteiger partial charge >= 0.3 is 0 Å². The fourth-order valence-electron chi connectivity index (χ4n) is 2.76. The summed E-state index contributed by atoms with van der Waals surface area (Å²) in [6.07, 6.45) is 3.64. The van der Waals surface area contributed by atoms with Crippen molar-refractivity contribution < 1.29 is 9.90 Å². The van der Waals surface area contributed by atoms with Gasteiger partial charge in [-0.15, -0.1) is 0 Å². The lowest BCUT2D eigenvalue weighted by Crippen LogP contribution is -2.35. The lowest BCUT2D eigenvalue weighted by atomic mass is 10.1. The molecular weight excluding hydrogens is 276 g/mol. The van der Waals surface area contributed by atoms with Crippen LogP contribution in [0.3, 0.4) is 0 Å². The molecule has 1 aliphatic heterocycles. The molecule has 2 N–H and O–H groups in total. The zero-order valence-corrected chi connectivity index (χ0v) is 13.7. The Morgan fingerprint density at radius 2 is 1.91 bits per heavy atom. The first-order valence-electron chi connectivity index (χ1n) is 8.37. The van der Waals surface area contributed by atoms with Gasteiger partial charge in [0.1, 0.15) is 0 Å². The Hall–Kier alpha value is -1.55. The van der Waals surface area contributed by atoms with Crippen LogP contribution in [0.25, 0.3) is 0 Å². The second kappa shape index (κ2) is 8.18. The minimum atomic E-state index is -0.160. The minimum Gasteiger partial charge on any atom is -0.393 e. The second-order valence-corrected chi connectivity index (χ2v) is 6.56. The van der Waals surface area contributed by atoms with Crippen LogP contribution in [-0.4, -0.2) is 36.8 Å². The van der Waals surface area contributed by atoms with E-state index in [1.165, 1.54) is 0 Å². The van der Waals surface area contributed by atoms with E-state index in [9.17, 15) is 9.90 Å². The molecule has 4 heteroatoms. The van der Waals surface area contributed by atoms with Gasteiger partial charge in [-0.2, -0.15) is 0 Å². The highest BCUT2D eigenvalue weighted by Crippen LogP contribution is 2.20. The zero-order valence-electron chi connectivity index (χ0n) is 13.7. The third-order valence-electron chi connectivity index (χ3n) is 4.20. The number of hydrogen-bond acceptors (Lipinski definition) is 3. The molecule has 1 aliphatic rings. The van der Waals surface area contributed by atoms with Crippen molar-refractivity contribution in [3.8, 4) is 0 Å².